The van der Waals surface area contributed by atoms with E-state index in [4.69, 9.17) is 0 Å². The lowest BCUT2D eigenvalue weighted by Crippen LogP contribution is -2.04. The van der Waals surface area contributed by atoms with Crippen LogP contribution in [0.2, 0.25) is 0 Å². The summed E-state index contributed by atoms with van der Waals surface area (Å²) in [6, 6.07) is 3.83. The lowest BCUT2D eigenvalue weighted by Gasteiger charge is -1.96. The summed E-state index contributed by atoms with van der Waals surface area (Å²) in [6.07, 6.45) is 3.50. The minimum Gasteiger partial charge on any atom is -0.264 e. The maximum absolute atomic E-state index is 3.98. The van der Waals surface area contributed by atoms with Gasteiger partial charge in [0.1, 0.15) is 0 Å². The average molecular weight is 174 g/mol. The Bertz CT molecular complexity index is 380. The topological polar surface area (TPSA) is 56.5 Å². The van der Waals surface area contributed by atoms with Gasteiger partial charge in [-0.3, -0.25) is 4.98 Å². The first kappa shape index (κ1) is 7.85. The van der Waals surface area contributed by atoms with E-state index in [0.29, 0.717) is 12.4 Å². The predicted molar refractivity (Wildman–Crippen MR) is 45.6 cm³/mol. The van der Waals surface area contributed by atoms with Crippen LogP contribution in [0.4, 0.5) is 0 Å². The minimum atomic E-state index is 0.434. The lowest BCUT2D eigenvalue weighted by molar-refractivity contribution is 0.571. The molecule has 1 radical (unpaired) electrons. The van der Waals surface area contributed by atoms with Crippen molar-refractivity contribution in [1.29, 1.82) is 0 Å². The van der Waals surface area contributed by atoms with Crippen molar-refractivity contribution in [2.24, 2.45) is 0 Å². The molecule has 5 heteroatoms. The molecule has 0 aliphatic heterocycles. The first-order valence-electron chi connectivity index (χ1n) is 3.83. The van der Waals surface area contributed by atoms with Crippen LogP contribution < -0.4 is 0 Å². The lowest BCUT2D eigenvalue weighted by atomic mass is 10.3. The highest BCUT2D eigenvalue weighted by molar-refractivity contribution is 5.07. The minimum absolute atomic E-state index is 0.434. The van der Waals surface area contributed by atoms with E-state index in [1.165, 1.54) is 4.80 Å². The van der Waals surface area contributed by atoms with E-state index in [9.17, 15) is 0 Å². The summed E-state index contributed by atoms with van der Waals surface area (Å²) in [7, 11) is 0. The first-order chi connectivity index (χ1) is 6.34. The Morgan fingerprint density at radius 1 is 1.46 bits per heavy atom. The zero-order chi connectivity index (χ0) is 9.10. The van der Waals surface area contributed by atoms with Gasteiger partial charge in [-0.15, -0.1) is 10.2 Å². The fourth-order valence-corrected chi connectivity index (χ4v) is 0.998. The Hall–Kier alpha value is -1.78. The summed E-state index contributed by atoms with van der Waals surface area (Å²) in [6.45, 7) is 4.14. The first-order valence-corrected chi connectivity index (χ1v) is 3.83. The predicted octanol–water partition coefficient (Wildman–Crippen LogP) is 0.299. The van der Waals surface area contributed by atoms with Crippen molar-refractivity contribution in [3.05, 3.63) is 42.8 Å². The summed E-state index contributed by atoms with van der Waals surface area (Å²) in [4.78, 5) is 5.47. The second-order valence-electron chi connectivity index (χ2n) is 2.60. The Morgan fingerprint density at radius 2 is 2.38 bits per heavy atom. The monoisotopic (exact) mass is 174 g/mol. The molecule has 13 heavy (non-hydrogen) atoms. The number of tetrazole rings is 1. The van der Waals surface area contributed by atoms with Crippen LogP contribution in [0.3, 0.4) is 0 Å². The second kappa shape index (κ2) is 3.30. The number of aromatic nitrogens is 5. The number of pyridine rings is 1. The van der Waals surface area contributed by atoms with E-state index in [2.05, 4.69) is 27.3 Å². The average Bonchev–Trinajstić information content (AvgIpc) is 2.53. The molecule has 5 nitrogen and oxygen atoms in total. The van der Waals surface area contributed by atoms with Crippen LogP contribution in [0.25, 0.3) is 0 Å². The van der Waals surface area contributed by atoms with Crippen molar-refractivity contribution >= 4 is 0 Å². The molecule has 2 aromatic rings. The Kier molecular flexibility index (Phi) is 1.99. The van der Waals surface area contributed by atoms with Gasteiger partial charge in [-0.05, 0) is 16.8 Å². The van der Waals surface area contributed by atoms with Crippen LogP contribution in [-0.4, -0.2) is 25.2 Å². The molecule has 0 spiro atoms. The van der Waals surface area contributed by atoms with Gasteiger partial charge in [-0.1, -0.05) is 6.07 Å². The highest BCUT2D eigenvalue weighted by Crippen LogP contribution is 1.96. The molecule has 2 rings (SSSR count). The Balaban J connectivity index is 2.15. The molecule has 0 aliphatic rings. The van der Waals surface area contributed by atoms with Gasteiger partial charge >= 0.3 is 0 Å². The maximum Gasteiger partial charge on any atom is 0.175 e. The largest absolute Gasteiger partial charge is 0.264 e. The van der Waals surface area contributed by atoms with E-state index in [1.807, 2.05) is 12.1 Å². The molecule has 0 bridgehead atoms. The highest BCUT2D eigenvalue weighted by Gasteiger charge is 1.98. The smallest absolute Gasteiger partial charge is 0.175 e. The number of rotatable bonds is 2. The molecule has 0 saturated heterocycles. The van der Waals surface area contributed by atoms with Crippen LogP contribution in [0.15, 0.2) is 24.5 Å². The van der Waals surface area contributed by atoms with Crippen LogP contribution in [0, 0.1) is 6.92 Å². The molecular weight excluding hydrogens is 166 g/mol. The summed E-state index contributed by atoms with van der Waals surface area (Å²) in [5.74, 6) is 0.434. The van der Waals surface area contributed by atoms with E-state index in [-0.39, 0.29) is 0 Å². The Morgan fingerprint density at radius 3 is 3.00 bits per heavy atom. The van der Waals surface area contributed by atoms with E-state index < -0.39 is 0 Å². The van der Waals surface area contributed by atoms with Crippen LogP contribution in [0.5, 0.6) is 0 Å². The Labute approximate surface area is 75.4 Å². The summed E-state index contributed by atoms with van der Waals surface area (Å²) >= 11 is 0. The number of hydrogen-bond donors (Lipinski definition) is 0. The molecule has 0 saturated carbocycles. The third kappa shape index (κ3) is 1.87. The highest BCUT2D eigenvalue weighted by atomic mass is 15.6. The SMILES string of the molecule is [CH2]c1nnn(Cc2cccnc2)n1. The van der Waals surface area contributed by atoms with Gasteiger partial charge in [-0.2, -0.15) is 4.80 Å². The molecule has 0 fully saturated rings. The molecule has 0 aliphatic carbocycles. The van der Waals surface area contributed by atoms with Crippen molar-refractivity contribution in [3.63, 3.8) is 0 Å². The van der Waals surface area contributed by atoms with Gasteiger partial charge in [0.15, 0.2) is 5.82 Å². The van der Waals surface area contributed by atoms with Crippen LogP contribution in [-0.2, 0) is 6.54 Å². The standard InChI is InChI=1S/C8H8N5/c1-7-10-12-13(11-7)6-8-3-2-4-9-5-8/h2-5H,1,6H2. The van der Waals surface area contributed by atoms with Gasteiger partial charge in [0.2, 0.25) is 0 Å². The molecule has 0 unspecified atom stereocenters. The third-order valence-corrected chi connectivity index (χ3v) is 1.54. The quantitative estimate of drug-likeness (QED) is 0.657. The summed E-state index contributed by atoms with van der Waals surface area (Å²) in [5, 5.41) is 11.4. The van der Waals surface area contributed by atoms with Gasteiger partial charge in [0.05, 0.1) is 6.54 Å². The molecule has 0 aromatic carbocycles. The van der Waals surface area contributed by atoms with Gasteiger partial charge < -0.3 is 0 Å². The van der Waals surface area contributed by atoms with Gasteiger partial charge in [-0.25, -0.2) is 0 Å². The molecule has 0 N–H and O–H groups in total. The normalized spacial score (nSPS) is 10.2. The second-order valence-corrected chi connectivity index (χ2v) is 2.60. The van der Waals surface area contributed by atoms with Crippen molar-refractivity contribution in [2.75, 3.05) is 0 Å². The zero-order valence-corrected chi connectivity index (χ0v) is 6.96. The molecule has 2 aromatic heterocycles. The molecule has 65 valence electrons. The summed E-state index contributed by atoms with van der Waals surface area (Å²) < 4.78 is 0. The van der Waals surface area contributed by atoms with Gasteiger partial charge in [0, 0.05) is 19.3 Å². The molecule has 0 atom stereocenters. The third-order valence-electron chi connectivity index (χ3n) is 1.54. The van der Waals surface area contributed by atoms with Crippen molar-refractivity contribution < 1.29 is 0 Å². The maximum atomic E-state index is 3.98. The fraction of sp³-hybridized carbons (Fsp3) is 0.125. The number of nitrogens with zero attached hydrogens (tertiary/aromatic N) is 5. The van der Waals surface area contributed by atoms with Crippen LogP contribution in [0.1, 0.15) is 11.4 Å². The number of hydrogen-bond acceptors (Lipinski definition) is 4. The van der Waals surface area contributed by atoms with E-state index >= 15 is 0 Å². The van der Waals surface area contributed by atoms with Crippen molar-refractivity contribution in [1.82, 2.24) is 25.2 Å². The van der Waals surface area contributed by atoms with Crippen molar-refractivity contribution in [3.8, 4) is 0 Å². The van der Waals surface area contributed by atoms with E-state index in [1.54, 1.807) is 12.4 Å². The van der Waals surface area contributed by atoms with Crippen molar-refractivity contribution in [2.45, 2.75) is 6.54 Å². The molecule has 0 amide bonds. The fourth-order valence-electron chi connectivity index (χ4n) is 0.998. The van der Waals surface area contributed by atoms with Crippen LogP contribution >= 0.6 is 0 Å². The van der Waals surface area contributed by atoms with E-state index in [0.717, 1.165) is 5.56 Å². The molecular formula is C8H8N5. The molecule has 2 heterocycles. The summed E-state index contributed by atoms with van der Waals surface area (Å²) in [5.41, 5.74) is 1.04. The van der Waals surface area contributed by atoms with Gasteiger partial charge in [0.25, 0.3) is 0 Å². The zero-order valence-electron chi connectivity index (χ0n) is 6.96.